The molecule has 0 amide bonds. The molecule has 0 fully saturated rings. The predicted molar refractivity (Wildman–Crippen MR) is 71.6 cm³/mol. The lowest BCUT2D eigenvalue weighted by molar-refractivity contribution is 0.482. The summed E-state index contributed by atoms with van der Waals surface area (Å²) >= 11 is 0. The van der Waals surface area contributed by atoms with Crippen LogP contribution in [0.2, 0.25) is 0 Å². The zero-order chi connectivity index (χ0) is 13.1. The fourth-order valence-electron chi connectivity index (χ4n) is 1.64. The van der Waals surface area contributed by atoms with Gasteiger partial charge in [-0.25, -0.2) is 0 Å². The Morgan fingerprint density at radius 1 is 1.00 bits per heavy atom. The first-order valence-electron chi connectivity index (χ1n) is 5.65. The maximum atomic E-state index is 8.86. The molecular formula is C15H14N2O. The number of aryl methyl sites for hydroxylation is 2. The van der Waals surface area contributed by atoms with Crippen LogP contribution >= 0.6 is 0 Å². The third-order valence-corrected chi connectivity index (χ3v) is 2.80. The summed E-state index contributed by atoms with van der Waals surface area (Å²) in [5, 5.41) is 8.86. The van der Waals surface area contributed by atoms with Gasteiger partial charge in [0, 0.05) is 11.8 Å². The molecule has 3 nitrogen and oxygen atoms in total. The smallest absolute Gasteiger partial charge is 0.129 e. The molecule has 0 saturated carbocycles. The van der Waals surface area contributed by atoms with E-state index in [1.54, 1.807) is 18.2 Å². The average Bonchev–Trinajstić information content (AvgIpc) is 2.34. The topological polar surface area (TPSA) is 59.0 Å². The van der Waals surface area contributed by atoms with Crippen molar-refractivity contribution in [1.29, 1.82) is 5.26 Å². The number of hydrogen-bond acceptors (Lipinski definition) is 3. The van der Waals surface area contributed by atoms with Crippen molar-refractivity contribution in [2.75, 3.05) is 5.73 Å². The molecule has 2 aromatic carbocycles. The van der Waals surface area contributed by atoms with Crippen molar-refractivity contribution in [3.05, 3.63) is 53.1 Å². The minimum Gasteiger partial charge on any atom is -0.457 e. The van der Waals surface area contributed by atoms with E-state index in [9.17, 15) is 0 Å². The van der Waals surface area contributed by atoms with Gasteiger partial charge in [0.15, 0.2) is 0 Å². The molecule has 0 aliphatic carbocycles. The van der Waals surface area contributed by atoms with Gasteiger partial charge >= 0.3 is 0 Å². The molecule has 2 aromatic rings. The number of nitrogens with zero attached hydrogens (tertiary/aromatic N) is 1. The number of hydrogen-bond donors (Lipinski definition) is 1. The van der Waals surface area contributed by atoms with Gasteiger partial charge in [0.05, 0.1) is 11.6 Å². The van der Waals surface area contributed by atoms with Crippen molar-refractivity contribution in [3.8, 4) is 17.6 Å². The summed E-state index contributed by atoms with van der Waals surface area (Å²) in [6.07, 6.45) is 0. The minimum atomic E-state index is 0.658. The lowest BCUT2D eigenvalue weighted by Gasteiger charge is -2.08. The van der Waals surface area contributed by atoms with Crippen LogP contribution < -0.4 is 10.5 Å². The quantitative estimate of drug-likeness (QED) is 0.814. The monoisotopic (exact) mass is 238 g/mol. The summed E-state index contributed by atoms with van der Waals surface area (Å²) in [6, 6.07) is 13.1. The van der Waals surface area contributed by atoms with Crippen LogP contribution in [0.5, 0.6) is 11.5 Å². The van der Waals surface area contributed by atoms with Gasteiger partial charge in [0.25, 0.3) is 0 Å². The highest BCUT2D eigenvalue weighted by Gasteiger charge is 2.03. The third-order valence-electron chi connectivity index (χ3n) is 2.80. The van der Waals surface area contributed by atoms with E-state index in [0.717, 1.165) is 11.1 Å². The number of nitriles is 1. The van der Waals surface area contributed by atoms with Crippen LogP contribution in [0.1, 0.15) is 16.7 Å². The largest absolute Gasteiger partial charge is 0.457 e. The molecule has 0 aromatic heterocycles. The van der Waals surface area contributed by atoms with Crippen LogP contribution in [0, 0.1) is 25.2 Å². The molecule has 3 heteroatoms. The van der Waals surface area contributed by atoms with Gasteiger partial charge in [0.1, 0.15) is 11.5 Å². The van der Waals surface area contributed by atoms with E-state index in [4.69, 9.17) is 15.7 Å². The molecule has 0 aliphatic rings. The summed E-state index contributed by atoms with van der Waals surface area (Å²) in [4.78, 5) is 0. The van der Waals surface area contributed by atoms with E-state index < -0.39 is 0 Å². The first kappa shape index (κ1) is 12.0. The zero-order valence-corrected chi connectivity index (χ0v) is 10.4. The van der Waals surface area contributed by atoms with Gasteiger partial charge < -0.3 is 10.5 Å². The Morgan fingerprint density at radius 2 is 1.67 bits per heavy atom. The maximum absolute atomic E-state index is 8.86. The number of benzene rings is 2. The minimum absolute atomic E-state index is 0.658. The summed E-state index contributed by atoms with van der Waals surface area (Å²) < 4.78 is 5.71. The second-order valence-corrected chi connectivity index (χ2v) is 4.21. The zero-order valence-electron chi connectivity index (χ0n) is 10.4. The van der Waals surface area contributed by atoms with E-state index in [0.29, 0.717) is 22.7 Å². The summed E-state index contributed by atoms with van der Waals surface area (Å²) in [5.74, 6) is 1.40. The fraction of sp³-hybridized carbons (Fsp3) is 0.133. The van der Waals surface area contributed by atoms with Crippen molar-refractivity contribution in [2.45, 2.75) is 13.8 Å². The Bertz CT molecular complexity index is 627. The highest BCUT2D eigenvalue weighted by Crippen LogP contribution is 2.26. The summed E-state index contributed by atoms with van der Waals surface area (Å²) in [7, 11) is 0. The average molecular weight is 238 g/mol. The van der Waals surface area contributed by atoms with Gasteiger partial charge in [-0.3, -0.25) is 0 Å². The Kier molecular flexibility index (Phi) is 3.20. The SMILES string of the molecule is Cc1ccc(Oc2ccc(C#N)c(C)c2)cc1N. The number of ether oxygens (including phenoxy) is 1. The molecular weight excluding hydrogens is 224 g/mol. The number of anilines is 1. The molecule has 0 bridgehead atoms. The van der Waals surface area contributed by atoms with Gasteiger partial charge in [0.2, 0.25) is 0 Å². The van der Waals surface area contributed by atoms with Crippen molar-refractivity contribution in [2.24, 2.45) is 0 Å². The van der Waals surface area contributed by atoms with Gasteiger partial charge in [-0.1, -0.05) is 6.07 Å². The van der Waals surface area contributed by atoms with Gasteiger partial charge in [-0.05, 0) is 49.2 Å². The molecule has 0 saturated heterocycles. The van der Waals surface area contributed by atoms with E-state index in [2.05, 4.69) is 6.07 Å². The molecule has 0 spiro atoms. The molecule has 2 N–H and O–H groups in total. The first-order valence-corrected chi connectivity index (χ1v) is 5.65. The standard InChI is InChI=1S/C15H14N2O/c1-10-3-5-14(8-15(10)17)18-13-6-4-12(9-16)11(2)7-13/h3-8H,17H2,1-2H3. The van der Waals surface area contributed by atoms with Crippen molar-refractivity contribution in [1.82, 2.24) is 0 Å². The lowest BCUT2D eigenvalue weighted by atomic mass is 10.1. The molecule has 0 radical (unpaired) electrons. The normalized spacial score (nSPS) is 9.83. The molecule has 0 heterocycles. The fourth-order valence-corrected chi connectivity index (χ4v) is 1.64. The Balaban J connectivity index is 2.26. The Labute approximate surface area is 106 Å². The molecule has 2 rings (SSSR count). The predicted octanol–water partition coefficient (Wildman–Crippen LogP) is 3.55. The number of nitrogens with two attached hydrogens (primary N) is 1. The van der Waals surface area contributed by atoms with E-state index >= 15 is 0 Å². The summed E-state index contributed by atoms with van der Waals surface area (Å²) in [6.45, 7) is 3.83. The van der Waals surface area contributed by atoms with Crippen LogP contribution in [0.3, 0.4) is 0 Å². The second-order valence-electron chi connectivity index (χ2n) is 4.21. The molecule has 0 unspecified atom stereocenters. The second kappa shape index (κ2) is 4.80. The highest BCUT2D eigenvalue weighted by molar-refractivity contribution is 5.52. The van der Waals surface area contributed by atoms with Crippen LogP contribution in [0.15, 0.2) is 36.4 Å². The van der Waals surface area contributed by atoms with Crippen LogP contribution in [-0.2, 0) is 0 Å². The lowest BCUT2D eigenvalue weighted by Crippen LogP contribution is -1.92. The molecule has 0 atom stereocenters. The van der Waals surface area contributed by atoms with E-state index in [-0.39, 0.29) is 0 Å². The third kappa shape index (κ3) is 2.44. The highest BCUT2D eigenvalue weighted by atomic mass is 16.5. The Morgan fingerprint density at radius 3 is 2.28 bits per heavy atom. The van der Waals surface area contributed by atoms with E-state index in [1.165, 1.54) is 0 Å². The van der Waals surface area contributed by atoms with Crippen molar-refractivity contribution >= 4 is 5.69 Å². The van der Waals surface area contributed by atoms with Crippen molar-refractivity contribution < 1.29 is 4.74 Å². The number of nitrogen functional groups attached to an aromatic ring is 1. The maximum Gasteiger partial charge on any atom is 0.129 e. The molecule has 90 valence electrons. The van der Waals surface area contributed by atoms with Gasteiger partial charge in [-0.15, -0.1) is 0 Å². The first-order chi connectivity index (χ1) is 8.60. The van der Waals surface area contributed by atoms with Crippen LogP contribution in [0.4, 0.5) is 5.69 Å². The molecule has 0 aliphatic heterocycles. The summed E-state index contributed by atoms with van der Waals surface area (Å²) in [5.41, 5.74) is 9.12. The Hall–Kier alpha value is -2.47. The van der Waals surface area contributed by atoms with Crippen LogP contribution in [-0.4, -0.2) is 0 Å². The van der Waals surface area contributed by atoms with Crippen LogP contribution in [0.25, 0.3) is 0 Å². The van der Waals surface area contributed by atoms with Crippen molar-refractivity contribution in [3.63, 3.8) is 0 Å². The van der Waals surface area contributed by atoms with Gasteiger partial charge in [-0.2, -0.15) is 5.26 Å². The van der Waals surface area contributed by atoms with E-state index in [1.807, 2.05) is 32.0 Å². The number of rotatable bonds is 2. The molecule has 18 heavy (non-hydrogen) atoms.